The molecule has 3 rings (SSSR count). The lowest BCUT2D eigenvalue weighted by Crippen LogP contribution is -2.33. The first kappa shape index (κ1) is 18.4. The Morgan fingerprint density at radius 3 is 2.63 bits per heavy atom. The highest BCUT2D eigenvalue weighted by molar-refractivity contribution is 5.95. The Morgan fingerprint density at radius 1 is 1.11 bits per heavy atom. The SMILES string of the molecule is CCOc1ccc(NC(=O)CNC(=O)Cc2c[nH]c3ccc(F)cc23)cc1. The summed E-state index contributed by atoms with van der Waals surface area (Å²) in [6, 6.07) is 11.3. The number of H-pyrrole nitrogens is 1. The van der Waals surface area contributed by atoms with Gasteiger partial charge in [0.25, 0.3) is 0 Å². The van der Waals surface area contributed by atoms with Crippen LogP contribution >= 0.6 is 0 Å². The van der Waals surface area contributed by atoms with E-state index in [9.17, 15) is 14.0 Å². The summed E-state index contributed by atoms with van der Waals surface area (Å²) in [6.07, 6.45) is 1.73. The van der Waals surface area contributed by atoms with E-state index in [0.29, 0.717) is 23.2 Å². The maximum atomic E-state index is 13.4. The minimum atomic E-state index is -0.363. The third-order valence-corrected chi connectivity index (χ3v) is 3.98. The summed E-state index contributed by atoms with van der Waals surface area (Å²) in [4.78, 5) is 27.1. The molecular weight excluding hydrogens is 349 g/mol. The number of anilines is 1. The van der Waals surface area contributed by atoms with Crippen LogP contribution in [0.3, 0.4) is 0 Å². The Kier molecular flexibility index (Phi) is 5.71. The van der Waals surface area contributed by atoms with Crippen molar-refractivity contribution in [3.05, 3.63) is 60.0 Å². The fourth-order valence-electron chi connectivity index (χ4n) is 2.72. The molecule has 0 saturated heterocycles. The minimum absolute atomic E-state index is 0.0553. The molecule has 0 unspecified atom stereocenters. The maximum absolute atomic E-state index is 13.4. The molecule has 0 aliphatic rings. The van der Waals surface area contributed by atoms with E-state index in [1.54, 1.807) is 36.5 Å². The second-order valence-electron chi connectivity index (χ2n) is 5.96. The summed E-state index contributed by atoms with van der Waals surface area (Å²) in [5.41, 5.74) is 2.05. The van der Waals surface area contributed by atoms with Gasteiger partial charge in [-0.1, -0.05) is 0 Å². The highest BCUT2D eigenvalue weighted by Gasteiger charge is 2.11. The zero-order valence-corrected chi connectivity index (χ0v) is 14.8. The number of nitrogens with one attached hydrogen (secondary N) is 3. The lowest BCUT2D eigenvalue weighted by atomic mass is 10.1. The Hall–Kier alpha value is -3.35. The predicted octanol–water partition coefficient (Wildman–Crippen LogP) is 3.00. The molecule has 3 aromatic rings. The highest BCUT2D eigenvalue weighted by atomic mass is 19.1. The summed E-state index contributed by atoms with van der Waals surface area (Å²) >= 11 is 0. The molecule has 140 valence electrons. The Labute approximate surface area is 155 Å². The second-order valence-corrected chi connectivity index (χ2v) is 5.96. The predicted molar refractivity (Wildman–Crippen MR) is 101 cm³/mol. The summed E-state index contributed by atoms with van der Waals surface area (Å²) in [7, 11) is 0. The lowest BCUT2D eigenvalue weighted by molar-refractivity contribution is -0.123. The summed E-state index contributed by atoms with van der Waals surface area (Å²) < 4.78 is 18.7. The molecular formula is C20H20FN3O3. The standard InChI is InChI=1S/C20H20FN3O3/c1-2-27-16-6-4-15(5-7-16)24-20(26)12-23-19(25)9-13-11-22-18-8-3-14(21)10-17(13)18/h3-8,10-11,22H,2,9,12H2,1H3,(H,23,25)(H,24,26). The minimum Gasteiger partial charge on any atom is -0.494 e. The number of carbonyl (C=O) groups is 2. The number of ether oxygens (including phenoxy) is 1. The quantitative estimate of drug-likeness (QED) is 0.599. The van der Waals surface area contributed by atoms with Gasteiger partial charge in [0.2, 0.25) is 11.8 Å². The highest BCUT2D eigenvalue weighted by Crippen LogP contribution is 2.20. The van der Waals surface area contributed by atoms with E-state index in [1.807, 2.05) is 6.92 Å². The molecule has 27 heavy (non-hydrogen) atoms. The van der Waals surface area contributed by atoms with E-state index in [2.05, 4.69) is 15.6 Å². The molecule has 0 saturated carbocycles. The van der Waals surface area contributed by atoms with Gasteiger partial charge in [-0.25, -0.2) is 4.39 Å². The number of amides is 2. The summed E-state index contributed by atoms with van der Waals surface area (Å²) in [6.45, 7) is 2.31. The van der Waals surface area contributed by atoms with Crippen molar-refractivity contribution >= 4 is 28.4 Å². The average Bonchev–Trinajstić information content (AvgIpc) is 3.04. The first-order chi connectivity index (χ1) is 13.0. The number of halogens is 1. The second kappa shape index (κ2) is 8.35. The van der Waals surface area contributed by atoms with Crippen molar-refractivity contribution in [1.82, 2.24) is 10.3 Å². The van der Waals surface area contributed by atoms with Crippen molar-refractivity contribution < 1.29 is 18.7 Å². The van der Waals surface area contributed by atoms with Crippen LogP contribution in [0.4, 0.5) is 10.1 Å². The Balaban J connectivity index is 1.50. The van der Waals surface area contributed by atoms with Crippen molar-refractivity contribution in [3.63, 3.8) is 0 Å². The smallest absolute Gasteiger partial charge is 0.243 e. The van der Waals surface area contributed by atoms with Crippen molar-refractivity contribution in [2.75, 3.05) is 18.5 Å². The molecule has 1 heterocycles. The van der Waals surface area contributed by atoms with Crippen LogP contribution in [0.25, 0.3) is 10.9 Å². The van der Waals surface area contributed by atoms with Gasteiger partial charge in [-0.2, -0.15) is 0 Å². The number of aromatic nitrogens is 1. The molecule has 7 heteroatoms. The molecule has 0 spiro atoms. The lowest BCUT2D eigenvalue weighted by Gasteiger charge is -2.08. The number of hydrogen-bond acceptors (Lipinski definition) is 3. The van der Waals surface area contributed by atoms with Gasteiger partial charge in [0, 0.05) is 22.8 Å². The van der Waals surface area contributed by atoms with Crippen LogP contribution in [-0.4, -0.2) is 29.9 Å². The molecule has 0 radical (unpaired) electrons. The van der Waals surface area contributed by atoms with Gasteiger partial charge < -0.3 is 20.4 Å². The molecule has 0 aliphatic carbocycles. The maximum Gasteiger partial charge on any atom is 0.243 e. The van der Waals surface area contributed by atoms with Gasteiger partial charge in [0.05, 0.1) is 19.6 Å². The summed E-state index contributed by atoms with van der Waals surface area (Å²) in [5.74, 6) is -0.294. The zero-order chi connectivity index (χ0) is 19.2. The molecule has 2 aromatic carbocycles. The zero-order valence-electron chi connectivity index (χ0n) is 14.8. The van der Waals surface area contributed by atoms with Crippen molar-refractivity contribution in [1.29, 1.82) is 0 Å². The first-order valence-corrected chi connectivity index (χ1v) is 8.60. The number of fused-ring (bicyclic) bond motifs is 1. The van der Waals surface area contributed by atoms with E-state index < -0.39 is 0 Å². The molecule has 2 amide bonds. The molecule has 0 aliphatic heterocycles. The van der Waals surface area contributed by atoms with E-state index >= 15 is 0 Å². The fourth-order valence-corrected chi connectivity index (χ4v) is 2.72. The number of rotatable bonds is 7. The van der Waals surface area contributed by atoms with Crippen LogP contribution in [0.15, 0.2) is 48.7 Å². The molecule has 0 bridgehead atoms. The van der Waals surface area contributed by atoms with E-state index in [1.165, 1.54) is 12.1 Å². The fraction of sp³-hybridized carbons (Fsp3) is 0.200. The van der Waals surface area contributed by atoms with Gasteiger partial charge >= 0.3 is 0 Å². The number of benzene rings is 2. The topological polar surface area (TPSA) is 83.2 Å². The van der Waals surface area contributed by atoms with Gasteiger partial charge in [0.15, 0.2) is 0 Å². The van der Waals surface area contributed by atoms with E-state index in [0.717, 1.165) is 11.3 Å². The van der Waals surface area contributed by atoms with Gasteiger partial charge in [-0.15, -0.1) is 0 Å². The number of aromatic amines is 1. The average molecular weight is 369 g/mol. The van der Waals surface area contributed by atoms with E-state index in [4.69, 9.17) is 4.74 Å². The molecule has 0 atom stereocenters. The van der Waals surface area contributed by atoms with Gasteiger partial charge in [0.1, 0.15) is 11.6 Å². The van der Waals surface area contributed by atoms with Crippen LogP contribution in [0, 0.1) is 5.82 Å². The molecule has 0 fully saturated rings. The third kappa shape index (κ3) is 4.84. The molecule has 1 aromatic heterocycles. The monoisotopic (exact) mass is 369 g/mol. The Bertz CT molecular complexity index is 951. The van der Waals surface area contributed by atoms with Crippen LogP contribution in [0.2, 0.25) is 0 Å². The van der Waals surface area contributed by atoms with Crippen molar-refractivity contribution in [2.45, 2.75) is 13.3 Å². The number of carbonyl (C=O) groups excluding carboxylic acids is 2. The largest absolute Gasteiger partial charge is 0.494 e. The summed E-state index contributed by atoms with van der Waals surface area (Å²) in [5, 5.41) is 5.92. The van der Waals surface area contributed by atoms with Crippen LogP contribution < -0.4 is 15.4 Å². The Morgan fingerprint density at radius 2 is 1.89 bits per heavy atom. The third-order valence-electron chi connectivity index (χ3n) is 3.98. The van der Waals surface area contributed by atoms with Gasteiger partial charge in [-0.05, 0) is 55.0 Å². The van der Waals surface area contributed by atoms with Gasteiger partial charge in [-0.3, -0.25) is 9.59 Å². The number of hydrogen-bond donors (Lipinski definition) is 3. The molecule has 3 N–H and O–H groups in total. The van der Waals surface area contributed by atoms with Crippen LogP contribution in [0.1, 0.15) is 12.5 Å². The van der Waals surface area contributed by atoms with Crippen molar-refractivity contribution in [2.24, 2.45) is 0 Å². The van der Waals surface area contributed by atoms with Crippen molar-refractivity contribution in [3.8, 4) is 5.75 Å². The molecule has 6 nitrogen and oxygen atoms in total. The normalized spacial score (nSPS) is 10.6. The van der Waals surface area contributed by atoms with E-state index in [-0.39, 0.29) is 30.6 Å². The first-order valence-electron chi connectivity index (χ1n) is 8.60. The van der Waals surface area contributed by atoms with Crippen LogP contribution in [-0.2, 0) is 16.0 Å². The van der Waals surface area contributed by atoms with Crippen LogP contribution in [0.5, 0.6) is 5.75 Å².